The van der Waals surface area contributed by atoms with Crippen LogP contribution in [0, 0.1) is 0 Å². The Labute approximate surface area is 185 Å². The van der Waals surface area contributed by atoms with Gasteiger partial charge in [0.25, 0.3) is 0 Å². The zero-order chi connectivity index (χ0) is 23.2. The molecule has 4 aromatic heterocycles. The Balaban J connectivity index is 1.47. The summed E-state index contributed by atoms with van der Waals surface area (Å²) in [6.07, 6.45) is 2.06. The predicted molar refractivity (Wildman–Crippen MR) is 108 cm³/mol. The number of imidazole rings is 1. The molecule has 0 radical (unpaired) electrons. The third kappa shape index (κ3) is 4.11. The van der Waals surface area contributed by atoms with E-state index in [0.29, 0.717) is 28.5 Å². The summed E-state index contributed by atoms with van der Waals surface area (Å²) in [5, 5.41) is 4.60. The molecule has 1 saturated carbocycles. The number of ether oxygens (including phenoxy) is 3. The van der Waals surface area contributed by atoms with Gasteiger partial charge in [0, 0.05) is 35.8 Å². The summed E-state index contributed by atoms with van der Waals surface area (Å²) in [5.74, 6) is 0.0734. The smallest absolute Gasteiger partial charge is 0.480 e. The van der Waals surface area contributed by atoms with Crippen LogP contribution < -0.4 is 14.2 Å². The molecule has 12 heteroatoms. The average Bonchev–Trinajstić information content (AvgIpc) is 3.45. The first-order chi connectivity index (χ1) is 15.9. The molecule has 0 spiro atoms. The molecule has 1 aliphatic carbocycles. The van der Waals surface area contributed by atoms with Gasteiger partial charge >= 0.3 is 12.4 Å². The molecule has 2 atom stereocenters. The number of alkyl halides is 3. The first-order valence-corrected chi connectivity index (χ1v) is 9.87. The van der Waals surface area contributed by atoms with Crippen molar-refractivity contribution in [1.82, 2.24) is 29.5 Å². The number of hydrogen-bond acceptors (Lipinski definition) is 8. The van der Waals surface area contributed by atoms with Crippen molar-refractivity contribution in [1.29, 1.82) is 0 Å². The highest BCUT2D eigenvalue weighted by atomic mass is 19.4. The topological polar surface area (TPSA) is 96.6 Å². The Morgan fingerprint density at radius 2 is 1.88 bits per heavy atom. The van der Waals surface area contributed by atoms with Crippen LogP contribution >= 0.6 is 0 Å². The van der Waals surface area contributed by atoms with E-state index in [0.717, 1.165) is 18.2 Å². The van der Waals surface area contributed by atoms with Gasteiger partial charge in [0.1, 0.15) is 5.75 Å². The second-order valence-electron chi connectivity index (χ2n) is 7.38. The molecule has 0 unspecified atom stereocenters. The molecule has 5 rings (SSSR count). The fourth-order valence-electron chi connectivity index (χ4n) is 3.80. The molecule has 170 valence electrons. The number of rotatable bonds is 6. The molecule has 0 amide bonds. The first kappa shape index (κ1) is 20.9. The van der Waals surface area contributed by atoms with E-state index in [1.165, 1.54) is 20.3 Å². The SMILES string of the molecule is COc1ncc(-c2cc([C@H]3C[C@@H]3c3ccc(OC(F)(F)F)cn3)c3nccn3n2)c(OC)n1. The molecule has 4 heterocycles. The minimum atomic E-state index is -4.75. The summed E-state index contributed by atoms with van der Waals surface area (Å²) >= 11 is 0. The summed E-state index contributed by atoms with van der Waals surface area (Å²) in [6.45, 7) is 0. The maximum absolute atomic E-state index is 12.4. The van der Waals surface area contributed by atoms with Gasteiger partial charge in [-0.1, -0.05) is 0 Å². The van der Waals surface area contributed by atoms with E-state index in [1.54, 1.807) is 29.2 Å². The third-order valence-electron chi connectivity index (χ3n) is 5.33. The highest BCUT2D eigenvalue weighted by molar-refractivity contribution is 5.68. The van der Waals surface area contributed by atoms with Crippen LogP contribution in [0.4, 0.5) is 13.2 Å². The van der Waals surface area contributed by atoms with Gasteiger partial charge in [0.15, 0.2) is 5.65 Å². The Hall–Kier alpha value is -3.96. The van der Waals surface area contributed by atoms with Crippen molar-refractivity contribution in [2.24, 2.45) is 0 Å². The molecule has 0 aromatic carbocycles. The lowest BCUT2D eigenvalue weighted by Gasteiger charge is -2.11. The summed E-state index contributed by atoms with van der Waals surface area (Å²) < 4.78 is 53.2. The molecule has 33 heavy (non-hydrogen) atoms. The molecule has 0 saturated heterocycles. The van der Waals surface area contributed by atoms with Gasteiger partial charge < -0.3 is 14.2 Å². The number of aromatic nitrogens is 6. The standard InChI is InChI=1S/C21H17F3N6O3/c1-31-19-15(10-27-20(28-19)32-2)17-8-14(18-25-5-6-30(18)29-17)12-7-13(12)16-4-3-11(9-26-16)33-21(22,23)24/h3-6,8-10,12-13H,7H2,1-2H3/t12-,13-/m0/s1. The largest absolute Gasteiger partial charge is 0.573 e. The monoisotopic (exact) mass is 458 g/mol. The van der Waals surface area contributed by atoms with E-state index in [4.69, 9.17) is 9.47 Å². The number of hydrogen-bond donors (Lipinski definition) is 0. The van der Waals surface area contributed by atoms with Crippen molar-refractivity contribution in [3.05, 3.63) is 54.2 Å². The second-order valence-corrected chi connectivity index (χ2v) is 7.38. The van der Waals surface area contributed by atoms with E-state index in [2.05, 4.69) is 29.8 Å². The van der Waals surface area contributed by atoms with Crippen molar-refractivity contribution in [2.45, 2.75) is 24.6 Å². The molecule has 9 nitrogen and oxygen atoms in total. The number of pyridine rings is 1. The molecule has 0 aliphatic heterocycles. The van der Waals surface area contributed by atoms with Gasteiger partial charge in [-0.05, 0) is 30.5 Å². The fraction of sp³-hybridized carbons (Fsp3) is 0.286. The van der Waals surface area contributed by atoms with Gasteiger partial charge in [-0.25, -0.2) is 14.5 Å². The van der Waals surface area contributed by atoms with Crippen LogP contribution in [0.5, 0.6) is 17.6 Å². The van der Waals surface area contributed by atoms with E-state index in [9.17, 15) is 13.2 Å². The van der Waals surface area contributed by atoms with Gasteiger partial charge in [-0.2, -0.15) is 10.1 Å². The van der Waals surface area contributed by atoms with Crippen LogP contribution in [0.25, 0.3) is 16.9 Å². The number of fused-ring (bicyclic) bond motifs is 1. The molecular weight excluding hydrogens is 441 g/mol. The van der Waals surface area contributed by atoms with Crippen LogP contribution in [0.15, 0.2) is 43.0 Å². The Morgan fingerprint density at radius 3 is 2.58 bits per heavy atom. The third-order valence-corrected chi connectivity index (χ3v) is 5.33. The van der Waals surface area contributed by atoms with E-state index in [1.807, 2.05) is 6.07 Å². The van der Waals surface area contributed by atoms with Crippen LogP contribution in [-0.4, -0.2) is 50.1 Å². The second kappa shape index (κ2) is 7.87. The van der Waals surface area contributed by atoms with Crippen LogP contribution in [0.2, 0.25) is 0 Å². The summed E-state index contributed by atoms with van der Waals surface area (Å²) in [5.41, 5.74) is 3.48. The normalized spacial score (nSPS) is 17.7. The molecule has 1 fully saturated rings. The fourth-order valence-corrected chi connectivity index (χ4v) is 3.80. The van der Waals surface area contributed by atoms with Crippen LogP contribution in [0.3, 0.4) is 0 Å². The summed E-state index contributed by atoms with van der Waals surface area (Å²) in [7, 11) is 2.96. The van der Waals surface area contributed by atoms with Crippen molar-refractivity contribution in [3.63, 3.8) is 0 Å². The molecule has 0 N–H and O–H groups in total. The van der Waals surface area contributed by atoms with Crippen molar-refractivity contribution in [3.8, 4) is 28.9 Å². The van der Waals surface area contributed by atoms with Gasteiger partial charge in [0.05, 0.1) is 31.7 Å². The maximum Gasteiger partial charge on any atom is 0.573 e. The lowest BCUT2D eigenvalue weighted by atomic mass is 10.1. The van der Waals surface area contributed by atoms with Gasteiger partial charge in [-0.15, -0.1) is 13.2 Å². The lowest BCUT2D eigenvalue weighted by molar-refractivity contribution is -0.274. The van der Waals surface area contributed by atoms with Gasteiger partial charge in [-0.3, -0.25) is 4.98 Å². The van der Waals surface area contributed by atoms with Crippen LogP contribution in [0.1, 0.15) is 29.5 Å². The highest BCUT2D eigenvalue weighted by Crippen LogP contribution is 2.55. The van der Waals surface area contributed by atoms with Crippen molar-refractivity contribution in [2.75, 3.05) is 14.2 Å². The Morgan fingerprint density at radius 1 is 1.03 bits per heavy atom. The zero-order valence-corrected chi connectivity index (χ0v) is 17.4. The Bertz CT molecular complexity index is 1310. The van der Waals surface area contributed by atoms with E-state index < -0.39 is 6.36 Å². The quantitative estimate of drug-likeness (QED) is 0.431. The minimum Gasteiger partial charge on any atom is -0.480 e. The molecular formula is C21H17F3N6O3. The number of halogens is 3. The average molecular weight is 458 g/mol. The maximum atomic E-state index is 12.4. The van der Waals surface area contributed by atoms with E-state index in [-0.39, 0.29) is 23.6 Å². The number of methoxy groups -OCH3 is 2. The lowest BCUT2D eigenvalue weighted by Crippen LogP contribution is -2.17. The molecule has 4 aromatic rings. The van der Waals surface area contributed by atoms with Crippen molar-refractivity contribution < 1.29 is 27.4 Å². The minimum absolute atomic E-state index is 0.0368. The van der Waals surface area contributed by atoms with E-state index >= 15 is 0 Å². The van der Waals surface area contributed by atoms with Gasteiger partial charge in [0.2, 0.25) is 5.88 Å². The Kier molecular flexibility index (Phi) is 4.99. The molecule has 1 aliphatic rings. The zero-order valence-electron chi connectivity index (χ0n) is 17.4. The first-order valence-electron chi connectivity index (χ1n) is 9.87. The number of nitrogens with zero attached hydrogens (tertiary/aromatic N) is 6. The molecule has 0 bridgehead atoms. The van der Waals surface area contributed by atoms with Crippen LogP contribution in [-0.2, 0) is 0 Å². The predicted octanol–water partition coefficient (Wildman–Crippen LogP) is 3.77. The summed E-state index contributed by atoms with van der Waals surface area (Å²) in [6, 6.07) is 4.90. The highest BCUT2D eigenvalue weighted by Gasteiger charge is 2.42. The summed E-state index contributed by atoms with van der Waals surface area (Å²) in [4.78, 5) is 17.0. The van der Waals surface area contributed by atoms with Crippen molar-refractivity contribution >= 4 is 5.65 Å².